The second-order valence-corrected chi connectivity index (χ2v) is 11.8. The van der Waals surface area contributed by atoms with Crippen molar-refractivity contribution in [2.45, 2.75) is 91.9 Å². The molecule has 0 aromatic heterocycles. The fraction of sp³-hybridized carbons (Fsp3) is 0.857. The van der Waals surface area contributed by atoms with Crippen LogP contribution in [-0.4, -0.2) is 30.6 Å². The first kappa shape index (κ1) is 24.0. The van der Waals surface area contributed by atoms with Crippen molar-refractivity contribution in [2.75, 3.05) is 13.2 Å². The zero-order valence-electron chi connectivity index (χ0n) is 20.7. The molecule has 3 fully saturated rings. The topological polar surface area (TPSA) is 63.6 Å². The average molecular weight is 445 g/mol. The van der Waals surface area contributed by atoms with Crippen LogP contribution in [0.4, 0.5) is 0 Å². The maximum absolute atomic E-state index is 13.3. The summed E-state index contributed by atoms with van der Waals surface area (Å²) in [4.78, 5) is 26.3. The van der Waals surface area contributed by atoms with E-state index in [1.165, 1.54) is 32.1 Å². The van der Waals surface area contributed by atoms with Crippen molar-refractivity contribution in [2.24, 2.45) is 45.8 Å². The van der Waals surface area contributed by atoms with Gasteiger partial charge in [-0.15, -0.1) is 0 Å². The lowest BCUT2D eigenvalue weighted by molar-refractivity contribution is -0.186. The molecule has 4 nitrogen and oxygen atoms in total. The molecule has 0 radical (unpaired) electrons. The zero-order valence-corrected chi connectivity index (χ0v) is 20.7. The number of hydrogen-bond acceptors (Lipinski definition) is 3. The maximum atomic E-state index is 13.3. The van der Waals surface area contributed by atoms with Gasteiger partial charge in [-0.1, -0.05) is 77.9 Å². The third kappa shape index (κ3) is 3.03. The van der Waals surface area contributed by atoms with Crippen molar-refractivity contribution in [3.63, 3.8) is 0 Å². The molecule has 0 heterocycles. The SMILES string of the molecule is CCCCCCCCOC[C@@]12CC3C(C)CCC3[C@@]3(C=O)C[C@@H]1C=C(C(C)C)[C@]23C(=O)O. The number of carboxylic acids is 1. The Morgan fingerprint density at radius 3 is 2.56 bits per heavy atom. The Balaban J connectivity index is 1.63. The molecule has 4 rings (SSSR count). The van der Waals surface area contributed by atoms with E-state index in [2.05, 4.69) is 33.8 Å². The molecule has 0 aromatic carbocycles. The molecule has 3 saturated carbocycles. The van der Waals surface area contributed by atoms with E-state index in [4.69, 9.17) is 4.74 Å². The van der Waals surface area contributed by atoms with Crippen molar-refractivity contribution in [1.29, 1.82) is 0 Å². The highest BCUT2D eigenvalue weighted by molar-refractivity contribution is 5.90. The van der Waals surface area contributed by atoms with E-state index >= 15 is 0 Å². The van der Waals surface area contributed by atoms with Gasteiger partial charge >= 0.3 is 5.97 Å². The molecule has 32 heavy (non-hydrogen) atoms. The predicted octanol–water partition coefficient (Wildman–Crippen LogP) is 6.29. The quantitative estimate of drug-likeness (QED) is 0.218. The molecular formula is C28H44O4. The number of carbonyl (C=O) groups is 2. The second-order valence-electron chi connectivity index (χ2n) is 11.8. The van der Waals surface area contributed by atoms with Crippen molar-refractivity contribution in [3.8, 4) is 0 Å². The van der Waals surface area contributed by atoms with Gasteiger partial charge in [-0.3, -0.25) is 4.79 Å². The Bertz CT molecular complexity index is 757. The molecule has 1 N–H and O–H groups in total. The van der Waals surface area contributed by atoms with Crippen molar-refractivity contribution < 1.29 is 19.4 Å². The molecule has 180 valence electrons. The smallest absolute Gasteiger partial charge is 0.315 e. The summed E-state index contributed by atoms with van der Waals surface area (Å²) in [5.41, 5.74) is -1.32. The number of carboxylic acid groups (broad SMARTS) is 1. The standard InChI is InChI=1S/C28H44O4/c1-5-6-7-8-9-10-13-32-18-27-16-22-20(4)11-12-23(22)26(17-29)15-21(27)14-24(19(2)3)28(26,27)25(30)31/h14,17,19-23H,5-13,15-16,18H2,1-4H3,(H,30,31)/t20?,21-,22?,23?,26-,27-,28+/m0/s1. The molecule has 0 saturated heterocycles. The Kier molecular flexibility index (Phi) is 6.66. The van der Waals surface area contributed by atoms with Crippen LogP contribution in [0.2, 0.25) is 0 Å². The number of aliphatic carboxylic acids is 1. The summed E-state index contributed by atoms with van der Waals surface area (Å²) in [6, 6.07) is 0. The predicted molar refractivity (Wildman–Crippen MR) is 126 cm³/mol. The summed E-state index contributed by atoms with van der Waals surface area (Å²) in [5, 5.41) is 10.9. The highest BCUT2D eigenvalue weighted by Crippen LogP contribution is 2.82. The number of rotatable bonds is 12. The number of hydrogen-bond donors (Lipinski definition) is 1. The van der Waals surface area contributed by atoms with E-state index in [-0.39, 0.29) is 17.8 Å². The van der Waals surface area contributed by atoms with Crippen LogP contribution in [0.1, 0.15) is 91.9 Å². The van der Waals surface area contributed by atoms with Crippen molar-refractivity contribution in [1.82, 2.24) is 0 Å². The molecule has 0 aromatic rings. The van der Waals surface area contributed by atoms with Gasteiger partial charge in [0.1, 0.15) is 11.7 Å². The van der Waals surface area contributed by atoms with E-state index in [0.29, 0.717) is 31.5 Å². The Morgan fingerprint density at radius 1 is 1.19 bits per heavy atom. The van der Waals surface area contributed by atoms with Gasteiger partial charge in [-0.2, -0.15) is 0 Å². The number of allylic oxidation sites excluding steroid dienone is 1. The summed E-state index contributed by atoms with van der Waals surface area (Å²) in [6.45, 7) is 9.93. The summed E-state index contributed by atoms with van der Waals surface area (Å²) in [7, 11) is 0. The number of aldehydes is 1. The van der Waals surface area contributed by atoms with Crippen LogP contribution in [0.25, 0.3) is 0 Å². The average Bonchev–Trinajstić information content (AvgIpc) is 3.33. The normalized spacial score (nSPS) is 41.7. The molecule has 0 spiro atoms. The number of carbonyl (C=O) groups excluding carboxylic acids is 1. The first-order valence-corrected chi connectivity index (χ1v) is 13.3. The molecule has 4 aliphatic rings. The second kappa shape index (κ2) is 8.89. The Morgan fingerprint density at radius 2 is 1.91 bits per heavy atom. The molecule has 4 aliphatic carbocycles. The third-order valence-corrected chi connectivity index (χ3v) is 10.1. The molecular weight excluding hydrogens is 400 g/mol. The number of fused-ring (bicyclic) bond motifs is 2. The van der Waals surface area contributed by atoms with E-state index in [0.717, 1.165) is 37.5 Å². The fourth-order valence-corrected chi connectivity index (χ4v) is 8.87. The lowest BCUT2D eigenvalue weighted by Gasteiger charge is -2.58. The number of ether oxygens (including phenoxy) is 1. The van der Waals surface area contributed by atoms with E-state index in [1.807, 2.05) is 0 Å². The van der Waals surface area contributed by atoms with E-state index in [9.17, 15) is 14.7 Å². The van der Waals surface area contributed by atoms with Crippen LogP contribution in [0.15, 0.2) is 11.6 Å². The highest BCUT2D eigenvalue weighted by atomic mass is 16.5. The van der Waals surface area contributed by atoms with Gasteiger partial charge < -0.3 is 14.6 Å². The molecule has 4 heteroatoms. The number of unbranched alkanes of at least 4 members (excludes halogenated alkanes) is 5. The third-order valence-electron chi connectivity index (χ3n) is 10.1. The summed E-state index contributed by atoms with van der Waals surface area (Å²) in [5.74, 6) is 0.696. The first-order valence-electron chi connectivity index (χ1n) is 13.3. The summed E-state index contributed by atoms with van der Waals surface area (Å²) >= 11 is 0. The molecule has 3 unspecified atom stereocenters. The lowest BCUT2D eigenvalue weighted by atomic mass is 9.43. The summed E-state index contributed by atoms with van der Waals surface area (Å²) < 4.78 is 6.35. The zero-order chi connectivity index (χ0) is 23.1. The molecule has 0 aliphatic heterocycles. The highest BCUT2D eigenvalue weighted by Gasteiger charge is 2.84. The molecule has 0 amide bonds. The maximum Gasteiger partial charge on any atom is 0.315 e. The molecule has 7 atom stereocenters. The minimum atomic E-state index is -1.09. The van der Waals surface area contributed by atoms with Crippen LogP contribution in [0.3, 0.4) is 0 Å². The van der Waals surface area contributed by atoms with Gasteiger partial charge in [0.2, 0.25) is 0 Å². The monoisotopic (exact) mass is 444 g/mol. The summed E-state index contributed by atoms with van der Waals surface area (Å²) in [6.07, 6.45) is 14.4. The Labute approximate surface area is 194 Å². The minimum absolute atomic E-state index is 0.129. The van der Waals surface area contributed by atoms with E-state index < -0.39 is 22.2 Å². The van der Waals surface area contributed by atoms with Gasteiger partial charge in [0.25, 0.3) is 0 Å². The van der Waals surface area contributed by atoms with Gasteiger partial charge in [0.15, 0.2) is 0 Å². The Hall–Kier alpha value is -1.16. The van der Waals surface area contributed by atoms with Crippen LogP contribution >= 0.6 is 0 Å². The van der Waals surface area contributed by atoms with Crippen LogP contribution in [0.5, 0.6) is 0 Å². The van der Waals surface area contributed by atoms with Crippen LogP contribution in [-0.2, 0) is 14.3 Å². The van der Waals surface area contributed by atoms with Crippen LogP contribution in [0, 0.1) is 45.8 Å². The van der Waals surface area contributed by atoms with Gasteiger partial charge in [-0.25, -0.2) is 0 Å². The minimum Gasteiger partial charge on any atom is -0.481 e. The lowest BCUT2D eigenvalue weighted by Crippen LogP contribution is -2.63. The van der Waals surface area contributed by atoms with Gasteiger partial charge in [-0.05, 0) is 55.3 Å². The molecule has 4 bridgehead atoms. The first-order chi connectivity index (χ1) is 15.3. The van der Waals surface area contributed by atoms with Gasteiger partial charge in [0.05, 0.1) is 12.0 Å². The largest absolute Gasteiger partial charge is 0.481 e. The van der Waals surface area contributed by atoms with Crippen LogP contribution < -0.4 is 0 Å². The fourth-order valence-electron chi connectivity index (χ4n) is 8.87. The van der Waals surface area contributed by atoms with Crippen molar-refractivity contribution >= 4 is 12.3 Å². The van der Waals surface area contributed by atoms with Gasteiger partial charge in [0, 0.05) is 12.0 Å². The van der Waals surface area contributed by atoms with E-state index in [1.54, 1.807) is 0 Å². The van der Waals surface area contributed by atoms with Crippen molar-refractivity contribution in [3.05, 3.63) is 11.6 Å².